The molecule has 1 heterocycles. The number of benzene rings is 2. The Morgan fingerprint density at radius 3 is 2.11 bits per heavy atom. The van der Waals surface area contributed by atoms with Crippen molar-refractivity contribution in [3.63, 3.8) is 0 Å². The number of sulfone groups is 1. The maximum Gasteiger partial charge on any atom is 0.421 e. The van der Waals surface area contributed by atoms with Crippen molar-refractivity contribution in [1.82, 2.24) is 4.98 Å². The quantitative estimate of drug-likeness (QED) is 0.654. The summed E-state index contributed by atoms with van der Waals surface area (Å²) >= 11 is 1.000. The molecule has 0 aliphatic heterocycles. The molecule has 4 nitrogen and oxygen atoms in total. The summed E-state index contributed by atoms with van der Waals surface area (Å²) < 4.78 is 64.8. The molecule has 0 amide bonds. The van der Waals surface area contributed by atoms with Gasteiger partial charge < -0.3 is 5.11 Å². The highest BCUT2D eigenvalue weighted by Crippen LogP contribution is 2.39. The number of aliphatic hydroxyl groups is 1. The molecule has 0 saturated heterocycles. The normalized spacial score (nSPS) is 14.6. The van der Waals surface area contributed by atoms with Crippen molar-refractivity contribution in [3.05, 3.63) is 65.9 Å². The van der Waals surface area contributed by atoms with Crippen LogP contribution in [0.5, 0.6) is 0 Å². The van der Waals surface area contributed by atoms with Gasteiger partial charge in [-0.25, -0.2) is 13.4 Å². The number of aryl methyl sites for hydroxylation is 1. The topological polar surface area (TPSA) is 67.3 Å². The third-order valence-electron chi connectivity index (χ3n) is 4.30. The Kier molecular flexibility index (Phi) is 5.11. The van der Waals surface area contributed by atoms with Crippen LogP contribution in [0.25, 0.3) is 10.6 Å². The fraction of sp³-hybridized carbons (Fsp3) is 0.211. The van der Waals surface area contributed by atoms with E-state index in [1.807, 2.05) is 30.3 Å². The summed E-state index contributed by atoms with van der Waals surface area (Å²) in [4.78, 5) is 4.15. The van der Waals surface area contributed by atoms with Crippen molar-refractivity contribution in [1.29, 1.82) is 0 Å². The van der Waals surface area contributed by atoms with Crippen LogP contribution in [0.4, 0.5) is 13.2 Å². The van der Waals surface area contributed by atoms with Gasteiger partial charge in [0.05, 0.1) is 10.6 Å². The summed E-state index contributed by atoms with van der Waals surface area (Å²) in [7, 11) is -3.96. The van der Waals surface area contributed by atoms with Crippen LogP contribution in [-0.2, 0) is 15.4 Å². The lowest BCUT2D eigenvalue weighted by Gasteiger charge is -2.26. The minimum Gasteiger partial charge on any atom is -0.376 e. The van der Waals surface area contributed by atoms with Gasteiger partial charge in [-0.05, 0) is 31.5 Å². The van der Waals surface area contributed by atoms with E-state index in [-0.39, 0.29) is 9.10 Å². The van der Waals surface area contributed by atoms with Crippen LogP contribution in [0.15, 0.2) is 63.7 Å². The van der Waals surface area contributed by atoms with Crippen molar-refractivity contribution in [2.24, 2.45) is 0 Å². The predicted octanol–water partition coefficient (Wildman–Crippen LogP) is 4.72. The van der Waals surface area contributed by atoms with E-state index < -0.39 is 27.2 Å². The van der Waals surface area contributed by atoms with Gasteiger partial charge in [0.2, 0.25) is 9.84 Å². The zero-order valence-electron chi connectivity index (χ0n) is 14.9. The molecule has 2 aromatic carbocycles. The lowest BCUT2D eigenvalue weighted by Crippen LogP contribution is -2.39. The molecule has 0 fully saturated rings. The highest BCUT2D eigenvalue weighted by Gasteiger charge is 2.51. The van der Waals surface area contributed by atoms with E-state index in [2.05, 4.69) is 4.98 Å². The Hall–Kier alpha value is -2.23. The lowest BCUT2D eigenvalue weighted by molar-refractivity contribution is -0.258. The van der Waals surface area contributed by atoms with Gasteiger partial charge in [-0.1, -0.05) is 42.5 Å². The maximum atomic E-state index is 13.0. The van der Waals surface area contributed by atoms with Gasteiger partial charge >= 0.3 is 6.18 Å². The Bertz CT molecular complexity index is 1090. The first-order chi connectivity index (χ1) is 12.9. The number of hydrogen-bond acceptors (Lipinski definition) is 5. The van der Waals surface area contributed by atoms with Crippen molar-refractivity contribution < 1.29 is 26.7 Å². The van der Waals surface area contributed by atoms with E-state index in [0.29, 0.717) is 17.6 Å². The number of nitrogens with zero attached hydrogens (tertiary/aromatic N) is 1. The molecule has 0 bridgehead atoms. The van der Waals surface area contributed by atoms with Crippen LogP contribution >= 0.6 is 11.3 Å². The number of thiazole rings is 1. The summed E-state index contributed by atoms with van der Waals surface area (Å²) in [6.07, 6.45) is -4.88. The largest absolute Gasteiger partial charge is 0.421 e. The first-order valence-electron chi connectivity index (χ1n) is 8.12. The molecule has 1 aromatic heterocycles. The third kappa shape index (κ3) is 3.57. The molecule has 0 aliphatic carbocycles. The summed E-state index contributed by atoms with van der Waals surface area (Å²) in [5, 5.41) is 10.3. The molecule has 1 atom stereocenters. The number of aromatic nitrogens is 1. The molecule has 148 valence electrons. The Morgan fingerprint density at radius 1 is 1.00 bits per heavy atom. The Balaban J connectivity index is 1.99. The molecule has 9 heteroatoms. The smallest absolute Gasteiger partial charge is 0.376 e. The molecular formula is C19H16F3NO3S2. The summed E-state index contributed by atoms with van der Waals surface area (Å²) in [5.41, 5.74) is -2.43. The second-order valence-corrected chi connectivity index (χ2v) is 9.50. The van der Waals surface area contributed by atoms with E-state index in [0.717, 1.165) is 41.2 Å². The van der Waals surface area contributed by atoms with Crippen LogP contribution in [0, 0.1) is 6.92 Å². The average molecular weight is 427 g/mol. The number of halogens is 3. The second-order valence-electron chi connectivity index (χ2n) is 6.36. The van der Waals surface area contributed by atoms with Crippen molar-refractivity contribution in [2.75, 3.05) is 0 Å². The van der Waals surface area contributed by atoms with Crippen LogP contribution in [0.2, 0.25) is 0 Å². The minimum absolute atomic E-state index is 0.0293. The van der Waals surface area contributed by atoms with Gasteiger partial charge in [-0.2, -0.15) is 13.2 Å². The van der Waals surface area contributed by atoms with E-state index in [1.165, 1.54) is 0 Å². The van der Waals surface area contributed by atoms with E-state index in [9.17, 15) is 26.7 Å². The minimum atomic E-state index is -4.88. The van der Waals surface area contributed by atoms with Crippen molar-refractivity contribution in [3.8, 4) is 10.6 Å². The molecule has 3 aromatic rings. The highest BCUT2D eigenvalue weighted by atomic mass is 32.2. The van der Waals surface area contributed by atoms with Gasteiger partial charge in [0.25, 0.3) is 0 Å². The average Bonchev–Trinajstić information content (AvgIpc) is 3.04. The van der Waals surface area contributed by atoms with Crippen LogP contribution in [0.1, 0.15) is 18.2 Å². The van der Waals surface area contributed by atoms with Crippen LogP contribution in [0.3, 0.4) is 0 Å². The van der Waals surface area contributed by atoms with E-state index in [4.69, 9.17) is 0 Å². The van der Waals surface area contributed by atoms with Crippen molar-refractivity contribution in [2.45, 2.75) is 34.7 Å². The Labute approximate surface area is 164 Å². The summed E-state index contributed by atoms with van der Waals surface area (Å²) in [5.74, 6) is 0. The van der Waals surface area contributed by atoms with Crippen LogP contribution in [-0.4, -0.2) is 24.7 Å². The SMILES string of the molecule is Cc1nc(-c2ccccc2)sc1S(=O)(=O)c1ccc(C(C)(O)C(F)(F)F)cc1. The van der Waals surface area contributed by atoms with E-state index >= 15 is 0 Å². The van der Waals surface area contributed by atoms with Gasteiger partial charge in [0.1, 0.15) is 9.22 Å². The molecule has 3 rings (SSSR count). The molecular weight excluding hydrogens is 411 g/mol. The number of alkyl halides is 3. The molecule has 0 radical (unpaired) electrons. The fourth-order valence-corrected chi connectivity index (χ4v) is 5.48. The number of rotatable bonds is 4. The first kappa shape index (κ1) is 20.5. The van der Waals surface area contributed by atoms with Crippen LogP contribution < -0.4 is 0 Å². The van der Waals surface area contributed by atoms with E-state index in [1.54, 1.807) is 6.92 Å². The zero-order valence-corrected chi connectivity index (χ0v) is 16.5. The lowest BCUT2D eigenvalue weighted by atomic mass is 9.96. The van der Waals surface area contributed by atoms with Gasteiger partial charge in [-0.15, -0.1) is 11.3 Å². The third-order valence-corrected chi connectivity index (χ3v) is 7.88. The summed E-state index contributed by atoms with van der Waals surface area (Å²) in [6, 6.07) is 13.1. The van der Waals surface area contributed by atoms with Gasteiger partial charge in [0, 0.05) is 5.56 Å². The van der Waals surface area contributed by atoms with Crippen molar-refractivity contribution >= 4 is 21.2 Å². The maximum absolute atomic E-state index is 13.0. The molecule has 1 unspecified atom stereocenters. The number of hydrogen-bond donors (Lipinski definition) is 1. The molecule has 0 aliphatic rings. The van der Waals surface area contributed by atoms with Gasteiger partial charge in [-0.3, -0.25) is 0 Å². The zero-order chi connectivity index (χ0) is 20.7. The predicted molar refractivity (Wildman–Crippen MR) is 99.8 cm³/mol. The standard InChI is InChI=1S/C19H16F3NO3S2/c1-12-17(27-16(23-12)13-6-4-3-5-7-13)28(25,26)15-10-8-14(9-11-15)18(2,24)19(20,21)22/h3-11,24H,1-2H3. The fourth-order valence-electron chi connectivity index (χ4n) is 2.57. The Morgan fingerprint density at radius 2 is 1.57 bits per heavy atom. The second kappa shape index (κ2) is 6.98. The first-order valence-corrected chi connectivity index (χ1v) is 10.4. The highest BCUT2D eigenvalue weighted by molar-refractivity contribution is 7.93. The summed E-state index contributed by atoms with van der Waals surface area (Å²) in [6.45, 7) is 2.19. The molecule has 28 heavy (non-hydrogen) atoms. The molecule has 1 N–H and O–H groups in total. The molecule has 0 saturated carbocycles. The van der Waals surface area contributed by atoms with Gasteiger partial charge in [0.15, 0.2) is 5.60 Å². The molecule has 0 spiro atoms. The monoisotopic (exact) mass is 427 g/mol.